The van der Waals surface area contributed by atoms with Crippen LogP contribution in [-0.2, 0) is 13.6 Å². The van der Waals surface area contributed by atoms with Crippen LogP contribution in [0.2, 0.25) is 5.02 Å². The Bertz CT molecular complexity index is 1310. The fourth-order valence-electron chi connectivity index (χ4n) is 5.23. The molecule has 1 aromatic heterocycles. The van der Waals surface area contributed by atoms with Crippen molar-refractivity contribution in [3.63, 3.8) is 0 Å². The highest BCUT2D eigenvalue weighted by atomic mass is 35.5. The number of carbonyl (C=O) groups is 1. The van der Waals surface area contributed by atoms with E-state index in [0.717, 1.165) is 54.7 Å². The highest BCUT2D eigenvalue weighted by Crippen LogP contribution is 2.27. The van der Waals surface area contributed by atoms with Crippen molar-refractivity contribution < 1.29 is 9.18 Å². The van der Waals surface area contributed by atoms with E-state index < -0.39 is 0 Å². The van der Waals surface area contributed by atoms with Crippen molar-refractivity contribution in [1.29, 1.82) is 5.26 Å². The number of hydrogen-bond donors (Lipinski definition) is 0. The first-order chi connectivity index (χ1) is 18.9. The van der Waals surface area contributed by atoms with Crippen LogP contribution in [0.4, 0.5) is 10.1 Å². The molecular formula is C30H36ClFN6O. The number of halogens is 2. The third kappa shape index (κ3) is 6.38. The molecule has 0 spiro atoms. The lowest BCUT2D eigenvalue weighted by Gasteiger charge is -2.37. The molecule has 2 fully saturated rings. The maximum Gasteiger partial charge on any atom is 0.270 e. The maximum atomic E-state index is 13.5. The van der Waals surface area contributed by atoms with Crippen molar-refractivity contribution in [3.05, 3.63) is 88.1 Å². The Morgan fingerprint density at radius 3 is 2.36 bits per heavy atom. The van der Waals surface area contributed by atoms with E-state index in [4.69, 9.17) is 11.6 Å². The molecule has 2 aliphatic rings. The minimum absolute atomic E-state index is 0.00411. The average Bonchev–Trinajstić information content (AvgIpc) is 3.24. The lowest BCUT2D eigenvalue weighted by atomic mass is 10.1. The van der Waals surface area contributed by atoms with Gasteiger partial charge >= 0.3 is 0 Å². The molecule has 0 radical (unpaired) electrons. The van der Waals surface area contributed by atoms with E-state index in [1.807, 2.05) is 64.7 Å². The Hall–Kier alpha value is -3.54. The van der Waals surface area contributed by atoms with Crippen LogP contribution in [0.1, 0.15) is 28.7 Å². The standard InChI is InChI=1S/C30H36ClFN6O/c1-4-5-9-27(25(20-32)21-33)36-15-17-38(18-16-36)30(39)29-19-24(23(2)34(29)3)22-35-11-13-37(14-12-35)28-10-7-6-8-26(28)31/h4-10,19-20H,11-18,22H2,1-3H3/b5-4-,25-20+,27-9+. The third-order valence-corrected chi connectivity index (χ3v) is 8.00. The number of rotatable bonds is 7. The van der Waals surface area contributed by atoms with Gasteiger partial charge in [-0.05, 0) is 43.7 Å². The van der Waals surface area contributed by atoms with Gasteiger partial charge in [0.2, 0.25) is 0 Å². The van der Waals surface area contributed by atoms with Gasteiger partial charge < -0.3 is 19.3 Å². The van der Waals surface area contributed by atoms with E-state index in [9.17, 15) is 14.4 Å². The first-order valence-corrected chi connectivity index (χ1v) is 13.7. The molecule has 2 aliphatic heterocycles. The zero-order valence-corrected chi connectivity index (χ0v) is 23.7. The van der Waals surface area contributed by atoms with E-state index in [2.05, 4.69) is 22.8 Å². The molecular weight excluding hydrogens is 515 g/mol. The number of para-hydroxylation sites is 1. The fraction of sp³-hybridized carbons (Fsp3) is 0.400. The van der Waals surface area contributed by atoms with Crippen LogP contribution in [0.5, 0.6) is 0 Å². The van der Waals surface area contributed by atoms with Gasteiger partial charge in [0.15, 0.2) is 0 Å². The molecule has 0 unspecified atom stereocenters. The SMILES string of the molecule is C\C=C/C=C(\C(C#N)=C\F)N1CCN(C(=O)c2cc(CN3CCN(c4ccccc4Cl)CC3)c(C)n2C)CC1. The molecule has 2 aromatic rings. The van der Waals surface area contributed by atoms with Crippen molar-refractivity contribution in [2.75, 3.05) is 57.3 Å². The predicted molar refractivity (Wildman–Crippen MR) is 154 cm³/mol. The summed E-state index contributed by atoms with van der Waals surface area (Å²) in [4.78, 5) is 22.1. The van der Waals surface area contributed by atoms with Crippen molar-refractivity contribution in [2.24, 2.45) is 7.05 Å². The number of anilines is 1. The molecule has 9 heteroatoms. The van der Waals surface area contributed by atoms with E-state index in [1.165, 1.54) is 0 Å². The summed E-state index contributed by atoms with van der Waals surface area (Å²) in [5.74, 6) is -0.00411. The third-order valence-electron chi connectivity index (χ3n) is 7.68. The van der Waals surface area contributed by atoms with Crippen LogP contribution in [0.25, 0.3) is 0 Å². The van der Waals surface area contributed by atoms with Gasteiger partial charge in [-0.15, -0.1) is 0 Å². The van der Waals surface area contributed by atoms with E-state index in [1.54, 1.807) is 12.2 Å². The normalized spacial score (nSPS) is 17.7. The van der Waals surface area contributed by atoms with Gasteiger partial charge in [0, 0.05) is 71.6 Å². The van der Waals surface area contributed by atoms with Crippen LogP contribution in [0.15, 0.2) is 66.2 Å². The number of carbonyl (C=O) groups excluding carboxylic acids is 1. The van der Waals surface area contributed by atoms with Crippen molar-refractivity contribution in [3.8, 4) is 6.07 Å². The van der Waals surface area contributed by atoms with Gasteiger partial charge in [-0.2, -0.15) is 5.26 Å². The number of nitriles is 1. The molecule has 4 rings (SSSR count). The lowest BCUT2D eigenvalue weighted by Crippen LogP contribution is -2.48. The highest BCUT2D eigenvalue weighted by molar-refractivity contribution is 6.33. The van der Waals surface area contributed by atoms with E-state index >= 15 is 0 Å². The molecule has 1 aromatic carbocycles. The van der Waals surface area contributed by atoms with Gasteiger partial charge in [-0.3, -0.25) is 9.69 Å². The molecule has 0 atom stereocenters. The zero-order chi connectivity index (χ0) is 27.9. The topological polar surface area (TPSA) is 58.8 Å². The second kappa shape index (κ2) is 13.0. The minimum Gasteiger partial charge on any atom is -0.368 e. The predicted octanol–water partition coefficient (Wildman–Crippen LogP) is 4.90. The molecule has 39 heavy (non-hydrogen) atoms. The zero-order valence-electron chi connectivity index (χ0n) is 22.9. The average molecular weight is 551 g/mol. The van der Waals surface area contributed by atoms with Crippen LogP contribution in [0.3, 0.4) is 0 Å². The van der Waals surface area contributed by atoms with E-state index in [0.29, 0.717) is 43.9 Å². The Morgan fingerprint density at radius 2 is 1.74 bits per heavy atom. The van der Waals surface area contributed by atoms with Gasteiger partial charge in [-0.25, -0.2) is 4.39 Å². The summed E-state index contributed by atoms with van der Waals surface area (Å²) >= 11 is 6.40. The Kier molecular flexibility index (Phi) is 9.50. The summed E-state index contributed by atoms with van der Waals surface area (Å²) in [7, 11) is 1.95. The second-order valence-corrected chi connectivity index (χ2v) is 10.3. The molecule has 206 valence electrons. The monoisotopic (exact) mass is 550 g/mol. The number of allylic oxidation sites excluding steroid dienone is 4. The number of piperazine rings is 2. The second-order valence-electron chi connectivity index (χ2n) is 9.91. The summed E-state index contributed by atoms with van der Waals surface area (Å²) in [6.07, 6.45) is 5.71. The number of aromatic nitrogens is 1. The van der Waals surface area contributed by atoms with Crippen molar-refractivity contribution in [1.82, 2.24) is 19.3 Å². The van der Waals surface area contributed by atoms with Crippen LogP contribution in [-0.4, -0.2) is 77.5 Å². The Balaban J connectivity index is 1.38. The smallest absolute Gasteiger partial charge is 0.270 e. The molecule has 7 nitrogen and oxygen atoms in total. The molecule has 2 saturated heterocycles. The molecule has 0 aliphatic carbocycles. The number of nitrogens with zero attached hydrogens (tertiary/aromatic N) is 6. The minimum atomic E-state index is -0.0109. The lowest BCUT2D eigenvalue weighted by molar-refractivity contribution is 0.0662. The largest absolute Gasteiger partial charge is 0.368 e. The highest BCUT2D eigenvalue weighted by Gasteiger charge is 2.28. The van der Waals surface area contributed by atoms with Crippen molar-refractivity contribution >= 4 is 23.2 Å². The fourth-order valence-corrected chi connectivity index (χ4v) is 5.48. The maximum absolute atomic E-state index is 13.5. The quantitative estimate of drug-likeness (QED) is 0.362. The molecule has 3 heterocycles. The summed E-state index contributed by atoms with van der Waals surface area (Å²) in [6, 6.07) is 11.9. The van der Waals surface area contributed by atoms with Gasteiger partial charge in [0.05, 0.1) is 16.4 Å². The molecule has 0 bridgehead atoms. The van der Waals surface area contributed by atoms with Crippen LogP contribution in [0, 0.1) is 18.3 Å². The van der Waals surface area contributed by atoms with Crippen molar-refractivity contribution in [2.45, 2.75) is 20.4 Å². The van der Waals surface area contributed by atoms with Crippen LogP contribution >= 0.6 is 11.6 Å². The summed E-state index contributed by atoms with van der Waals surface area (Å²) in [5.41, 5.74) is 4.54. The number of hydrogen-bond acceptors (Lipinski definition) is 5. The Morgan fingerprint density at radius 1 is 1.08 bits per heavy atom. The first kappa shape index (κ1) is 28.5. The molecule has 1 amide bonds. The first-order valence-electron chi connectivity index (χ1n) is 13.3. The summed E-state index contributed by atoms with van der Waals surface area (Å²) < 4.78 is 15.3. The number of amides is 1. The summed E-state index contributed by atoms with van der Waals surface area (Å²) in [6.45, 7) is 10.4. The van der Waals surface area contributed by atoms with Gasteiger partial charge in [0.25, 0.3) is 5.91 Å². The van der Waals surface area contributed by atoms with Gasteiger partial charge in [0.1, 0.15) is 23.7 Å². The summed E-state index contributed by atoms with van der Waals surface area (Å²) in [5, 5.41) is 10.1. The molecule has 0 N–H and O–H groups in total. The van der Waals surface area contributed by atoms with E-state index in [-0.39, 0.29) is 11.5 Å². The number of benzene rings is 1. The molecule has 0 saturated carbocycles. The Labute approximate surface area is 235 Å². The van der Waals surface area contributed by atoms with Crippen LogP contribution < -0.4 is 4.90 Å². The van der Waals surface area contributed by atoms with Gasteiger partial charge in [-0.1, -0.05) is 35.9 Å².